The van der Waals surface area contributed by atoms with Crippen molar-refractivity contribution in [1.82, 2.24) is 4.57 Å². The van der Waals surface area contributed by atoms with E-state index in [0.29, 0.717) is 37.7 Å². The fourth-order valence-corrected chi connectivity index (χ4v) is 5.38. The molecule has 0 spiro atoms. The van der Waals surface area contributed by atoms with Gasteiger partial charge in [0.15, 0.2) is 10.6 Å². The van der Waals surface area contributed by atoms with Crippen LogP contribution in [-0.2, 0) is 4.79 Å². The summed E-state index contributed by atoms with van der Waals surface area (Å²) in [5, 5.41) is 1.96. The van der Waals surface area contributed by atoms with E-state index in [9.17, 15) is 9.59 Å². The van der Waals surface area contributed by atoms with Gasteiger partial charge in [-0.3, -0.25) is 14.2 Å². The number of ketones is 1. The number of benzene rings is 1. The molecule has 0 unspecified atom stereocenters. The molecule has 0 aliphatic carbocycles. The second-order valence-electron chi connectivity index (χ2n) is 6.76. The van der Waals surface area contributed by atoms with Crippen molar-refractivity contribution in [3.8, 4) is 11.5 Å². The van der Waals surface area contributed by atoms with Crippen molar-refractivity contribution in [2.24, 2.45) is 4.99 Å². The molecule has 1 aliphatic heterocycles. The first-order valence-electron chi connectivity index (χ1n) is 9.23. The summed E-state index contributed by atoms with van der Waals surface area (Å²) in [6, 6.07) is 8.66. The molecule has 0 radical (unpaired) electrons. The van der Waals surface area contributed by atoms with Crippen molar-refractivity contribution in [2.45, 2.75) is 19.9 Å². The van der Waals surface area contributed by atoms with Crippen LogP contribution < -0.4 is 24.4 Å². The number of allylic oxidation sites excluding steroid dienone is 2. The highest BCUT2D eigenvalue weighted by molar-refractivity contribution is 7.11. The van der Waals surface area contributed by atoms with Crippen LogP contribution >= 0.6 is 22.7 Å². The van der Waals surface area contributed by atoms with Crippen LogP contribution in [0.1, 0.15) is 30.3 Å². The second kappa shape index (κ2) is 8.04. The Bertz CT molecular complexity index is 1330. The normalized spacial score (nSPS) is 16.3. The monoisotopic (exact) mass is 440 g/mol. The molecule has 3 aromatic rings. The second-order valence-corrected chi connectivity index (χ2v) is 8.75. The molecule has 0 bridgehead atoms. The third-order valence-corrected chi connectivity index (χ3v) is 6.76. The third kappa shape index (κ3) is 3.42. The van der Waals surface area contributed by atoms with Gasteiger partial charge < -0.3 is 9.47 Å². The molecule has 1 atom stereocenters. The maximum atomic E-state index is 13.4. The Labute approximate surface area is 181 Å². The molecule has 6 nitrogen and oxygen atoms in total. The van der Waals surface area contributed by atoms with Gasteiger partial charge in [0.05, 0.1) is 24.8 Å². The van der Waals surface area contributed by atoms with Crippen LogP contribution in [0.15, 0.2) is 56.8 Å². The minimum absolute atomic E-state index is 0.133. The third-order valence-electron chi connectivity index (χ3n) is 4.95. The van der Waals surface area contributed by atoms with Crippen molar-refractivity contribution in [3.05, 3.63) is 77.1 Å². The maximum Gasteiger partial charge on any atom is 0.271 e. The topological polar surface area (TPSA) is 69.9 Å². The SMILES string of the molecule is COc1ccc([C@H]2C(C(C)=O)=C(C)N=c3s/c(=C\c4cccs4)c(=O)n32)c(OC)c1. The number of carbonyl (C=O) groups is 1. The van der Waals surface area contributed by atoms with Gasteiger partial charge in [-0.2, -0.15) is 0 Å². The molecule has 2 aromatic heterocycles. The number of ether oxygens (including phenoxy) is 2. The van der Waals surface area contributed by atoms with Gasteiger partial charge in [-0.05, 0) is 43.5 Å². The van der Waals surface area contributed by atoms with E-state index in [1.807, 2.05) is 29.7 Å². The van der Waals surface area contributed by atoms with Gasteiger partial charge in [0, 0.05) is 27.8 Å². The lowest BCUT2D eigenvalue weighted by molar-refractivity contribution is -0.114. The quantitative estimate of drug-likeness (QED) is 0.612. The number of rotatable bonds is 5. The van der Waals surface area contributed by atoms with E-state index < -0.39 is 6.04 Å². The van der Waals surface area contributed by atoms with Crippen molar-refractivity contribution < 1.29 is 14.3 Å². The molecule has 1 aliphatic rings. The summed E-state index contributed by atoms with van der Waals surface area (Å²) in [7, 11) is 3.13. The van der Waals surface area contributed by atoms with E-state index in [4.69, 9.17) is 9.47 Å². The number of Topliss-reactive ketones (excluding diaryl/α,β-unsaturated/α-hetero) is 1. The van der Waals surface area contributed by atoms with E-state index in [-0.39, 0.29) is 11.3 Å². The summed E-state index contributed by atoms with van der Waals surface area (Å²) >= 11 is 2.88. The summed E-state index contributed by atoms with van der Waals surface area (Å²) in [5.41, 5.74) is 1.62. The van der Waals surface area contributed by atoms with Crippen LogP contribution in [0.25, 0.3) is 6.08 Å². The highest BCUT2D eigenvalue weighted by Crippen LogP contribution is 2.37. The van der Waals surface area contributed by atoms with E-state index in [2.05, 4.69) is 4.99 Å². The Morgan fingerprint density at radius 2 is 2.03 bits per heavy atom. The fraction of sp³-hybridized carbons (Fsp3) is 0.227. The van der Waals surface area contributed by atoms with E-state index in [0.717, 1.165) is 4.88 Å². The number of thiophene rings is 1. The predicted octanol–water partition coefficient (Wildman–Crippen LogP) is 2.90. The number of fused-ring (bicyclic) bond motifs is 1. The highest BCUT2D eigenvalue weighted by Gasteiger charge is 2.32. The first kappa shape index (κ1) is 20.3. The molecule has 1 aromatic carbocycles. The Kier molecular flexibility index (Phi) is 5.44. The van der Waals surface area contributed by atoms with E-state index in [1.165, 1.54) is 18.3 Å². The predicted molar refractivity (Wildman–Crippen MR) is 118 cm³/mol. The smallest absolute Gasteiger partial charge is 0.271 e. The molecule has 30 heavy (non-hydrogen) atoms. The van der Waals surface area contributed by atoms with Gasteiger partial charge in [0.2, 0.25) is 0 Å². The number of nitrogens with zero attached hydrogens (tertiary/aromatic N) is 2. The first-order valence-corrected chi connectivity index (χ1v) is 10.9. The van der Waals surface area contributed by atoms with Crippen molar-refractivity contribution in [1.29, 1.82) is 0 Å². The number of aromatic nitrogens is 1. The molecular weight excluding hydrogens is 420 g/mol. The molecule has 0 saturated heterocycles. The van der Waals surface area contributed by atoms with Crippen LogP contribution in [0, 0.1) is 0 Å². The minimum atomic E-state index is -0.620. The summed E-state index contributed by atoms with van der Waals surface area (Å²) in [4.78, 5) is 32.1. The summed E-state index contributed by atoms with van der Waals surface area (Å²) < 4.78 is 13.1. The molecular formula is C22H20N2O4S2. The number of carbonyl (C=O) groups excluding carboxylic acids is 1. The van der Waals surface area contributed by atoms with Crippen LogP contribution in [0.4, 0.5) is 0 Å². The lowest BCUT2D eigenvalue weighted by Crippen LogP contribution is -2.39. The van der Waals surface area contributed by atoms with Gasteiger partial charge in [0.1, 0.15) is 11.5 Å². The zero-order valence-electron chi connectivity index (χ0n) is 17.0. The van der Waals surface area contributed by atoms with E-state index in [1.54, 1.807) is 49.2 Å². The lowest BCUT2D eigenvalue weighted by atomic mass is 9.92. The number of hydrogen-bond acceptors (Lipinski definition) is 7. The average Bonchev–Trinajstić information content (AvgIpc) is 3.34. The first-order chi connectivity index (χ1) is 14.4. The Hall–Kier alpha value is -2.97. The van der Waals surface area contributed by atoms with Crippen LogP contribution in [-0.4, -0.2) is 24.6 Å². The van der Waals surface area contributed by atoms with Crippen molar-refractivity contribution >= 4 is 34.5 Å². The summed E-state index contributed by atoms with van der Waals surface area (Å²) in [5.74, 6) is 1.04. The van der Waals surface area contributed by atoms with Crippen LogP contribution in [0.2, 0.25) is 0 Å². The molecule has 4 rings (SSSR count). The zero-order chi connectivity index (χ0) is 21.4. The van der Waals surface area contributed by atoms with E-state index >= 15 is 0 Å². The summed E-state index contributed by atoms with van der Waals surface area (Å²) in [6.07, 6.45) is 1.86. The van der Waals surface area contributed by atoms with Gasteiger partial charge in [-0.1, -0.05) is 17.4 Å². The zero-order valence-corrected chi connectivity index (χ0v) is 18.6. The van der Waals surface area contributed by atoms with Crippen LogP contribution in [0.5, 0.6) is 11.5 Å². The Morgan fingerprint density at radius 3 is 2.67 bits per heavy atom. The fourth-order valence-electron chi connectivity index (χ4n) is 3.61. The standard InChI is InChI=1S/C22H20N2O4S2/c1-12-19(13(2)25)20(16-8-7-14(27-3)10-17(16)28-4)24-21(26)18(30-22(24)23-12)11-15-6-5-9-29-15/h5-11,20H,1-4H3/b18-11-/t20-/m0/s1. The van der Waals surface area contributed by atoms with Crippen molar-refractivity contribution in [3.63, 3.8) is 0 Å². The van der Waals surface area contributed by atoms with Gasteiger partial charge >= 0.3 is 0 Å². The molecule has 0 amide bonds. The largest absolute Gasteiger partial charge is 0.497 e. The van der Waals surface area contributed by atoms with Gasteiger partial charge in [-0.15, -0.1) is 11.3 Å². The highest BCUT2D eigenvalue weighted by atomic mass is 32.1. The van der Waals surface area contributed by atoms with Gasteiger partial charge in [0.25, 0.3) is 5.56 Å². The van der Waals surface area contributed by atoms with Gasteiger partial charge in [-0.25, -0.2) is 4.99 Å². The molecule has 154 valence electrons. The number of hydrogen-bond donors (Lipinski definition) is 0. The minimum Gasteiger partial charge on any atom is -0.497 e. The molecule has 3 heterocycles. The lowest BCUT2D eigenvalue weighted by Gasteiger charge is -2.26. The van der Waals surface area contributed by atoms with Crippen LogP contribution in [0.3, 0.4) is 0 Å². The Balaban J connectivity index is 2.02. The molecule has 0 N–H and O–H groups in total. The summed E-state index contributed by atoms with van der Waals surface area (Å²) in [6.45, 7) is 3.30. The maximum absolute atomic E-state index is 13.4. The number of thiazole rings is 1. The molecule has 0 saturated carbocycles. The average molecular weight is 441 g/mol. The number of methoxy groups -OCH3 is 2. The molecule has 0 fully saturated rings. The Morgan fingerprint density at radius 1 is 1.23 bits per heavy atom. The molecule has 8 heteroatoms. The van der Waals surface area contributed by atoms with Crippen molar-refractivity contribution in [2.75, 3.05) is 14.2 Å².